The molecule has 0 radical (unpaired) electrons. The van der Waals surface area contributed by atoms with Crippen LogP contribution >= 0.6 is 0 Å². The van der Waals surface area contributed by atoms with E-state index >= 15 is 0 Å². The minimum atomic E-state index is -0.407. The fourth-order valence-electron chi connectivity index (χ4n) is 1.97. The number of hydrogen-bond donors (Lipinski definition) is 2. The van der Waals surface area contributed by atoms with Crippen LogP contribution in [0.4, 0.5) is 11.5 Å². The minimum absolute atomic E-state index is 0.0799. The third-order valence-corrected chi connectivity index (χ3v) is 3.36. The molecule has 3 rings (SSSR count). The summed E-state index contributed by atoms with van der Waals surface area (Å²) in [7, 11) is 2.92. The lowest BCUT2D eigenvalue weighted by Crippen LogP contribution is -2.37. The maximum absolute atomic E-state index is 11.3. The standard InChI is InChI=1S/C9H9N3O.C6H9N3O2/c10-8-6-9(13)12(11-8)7-4-2-1-3-5-7;1-8-4(7)3-5(10)9(2)6(8)11/h1-5H,6H2,(H2,10,11);3H,7H2,1-2H3. The second kappa shape index (κ2) is 6.82. The van der Waals surface area contributed by atoms with E-state index in [-0.39, 0.29) is 23.7 Å². The molecule has 0 bridgehead atoms. The number of benzene rings is 1. The van der Waals surface area contributed by atoms with E-state index in [1.807, 2.05) is 30.3 Å². The van der Waals surface area contributed by atoms with E-state index < -0.39 is 5.69 Å². The molecule has 1 amide bonds. The lowest BCUT2D eigenvalue weighted by atomic mass is 10.3. The molecule has 24 heavy (non-hydrogen) atoms. The van der Waals surface area contributed by atoms with E-state index in [1.54, 1.807) is 0 Å². The zero-order chi connectivity index (χ0) is 17.9. The summed E-state index contributed by atoms with van der Waals surface area (Å²) < 4.78 is 2.21. The number of anilines is 2. The van der Waals surface area contributed by atoms with Crippen LogP contribution in [-0.2, 0) is 18.9 Å². The third kappa shape index (κ3) is 3.51. The zero-order valence-electron chi connectivity index (χ0n) is 13.3. The smallest absolute Gasteiger partial charge is 0.332 e. The Kier molecular flexibility index (Phi) is 4.83. The number of para-hydroxylation sites is 1. The van der Waals surface area contributed by atoms with Crippen LogP contribution in [0.2, 0.25) is 0 Å². The van der Waals surface area contributed by atoms with E-state index in [9.17, 15) is 14.4 Å². The molecule has 1 aromatic heterocycles. The van der Waals surface area contributed by atoms with Gasteiger partial charge < -0.3 is 11.5 Å². The van der Waals surface area contributed by atoms with Gasteiger partial charge in [0.25, 0.3) is 11.5 Å². The second-order valence-corrected chi connectivity index (χ2v) is 5.12. The minimum Gasteiger partial charge on any atom is -0.385 e. The Hall–Kier alpha value is -3.36. The summed E-state index contributed by atoms with van der Waals surface area (Å²) in [5, 5.41) is 5.25. The first-order valence-corrected chi connectivity index (χ1v) is 7.04. The topological polar surface area (TPSA) is 129 Å². The van der Waals surface area contributed by atoms with Gasteiger partial charge in [0.05, 0.1) is 12.1 Å². The van der Waals surface area contributed by atoms with Gasteiger partial charge in [-0.25, -0.2) is 4.79 Å². The van der Waals surface area contributed by atoms with Crippen LogP contribution in [0, 0.1) is 0 Å². The van der Waals surface area contributed by atoms with E-state index in [0.29, 0.717) is 5.84 Å². The predicted molar refractivity (Wildman–Crippen MR) is 91.5 cm³/mol. The van der Waals surface area contributed by atoms with Crippen molar-refractivity contribution in [3.8, 4) is 0 Å². The van der Waals surface area contributed by atoms with Crippen molar-refractivity contribution in [3.63, 3.8) is 0 Å². The van der Waals surface area contributed by atoms with Crippen molar-refractivity contribution in [2.75, 3.05) is 10.7 Å². The maximum Gasteiger partial charge on any atom is 0.332 e. The molecule has 0 atom stereocenters. The Balaban J connectivity index is 0.000000177. The molecule has 0 unspecified atom stereocenters. The van der Waals surface area contributed by atoms with Crippen molar-refractivity contribution >= 4 is 23.2 Å². The van der Waals surface area contributed by atoms with Crippen molar-refractivity contribution < 1.29 is 4.79 Å². The van der Waals surface area contributed by atoms with Crippen molar-refractivity contribution in [2.45, 2.75) is 6.42 Å². The van der Waals surface area contributed by atoms with Gasteiger partial charge in [0, 0.05) is 20.2 Å². The molecule has 0 saturated heterocycles. The quantitative estimate of drug-likeness (QED) is 0.718. The lowest BCUT2D eigenvalue weighted by Gasteiger charge is -2.10. The number of amidine groups is 1. The van der Waals surface area contributed by atoms with Gasteiger partial charge in [0.1, 0.15) is 11.7 Å². The molecule has 4 N–H and O–H groups in total. The highest BCUT2D eigenvalue weighted by Gasteiger charge is 2.22. The number of nitrogens with zero attached hydrogens (tertiary/aromatic N) is 4. The zero-order valence-corrected chi connectivity index (χ0v) is 13.3. The van der Waals surface area contributed by atoms with Crippen LogP contribution in [0.5, 0.6) is 0 Å². The van der Waals surface area contributed by atoms with E-state index in [2.05, 4.69) is 5.10 Å². The Morgan fingerprint density at radius 1 is 1.00 bits per heavy atom. The van der Waals surface area contributed by atoms with Gasteiger partial charge in [0.2, 0.25) is 0 Å². The summed E-state index contributed by atoms with van der Waals surface area (Å²) in [6.45, 7) is 0. The second-order valence-electron chi connectivity index (χ2n) is 5.12. The average molecular weight is 330 g/mol. The molecule has 1 aliphatic heterocycles. The van der Waals surface area contributed by atoms with Gasteiger partial charge >= 0.3 is 5.69 Å². The van der Waals surface area contributed by atoms with Gasteiger partial charge in [-0.15, -0.1) is 0 Å². The van der Waals surface area contributed by atoms with Crippen LogP contribution in [0.3, 0.4) is 0 Å². The summed E-state index contributed by atoms with van der Waals surface area (Å²) in [6.07, 6.45) is 0.217. The first kappa shape index (κ1) is 17.0. The molecular weight excluding hydrogens is 312 g/mol. The summed E-state index contributed by atoms with van der Waals surface area (Å²) in [6, 6.07) is 10.4. The van der Waals surface area contributed by atoms with Crippen LogP contribution < -0.4 is 27.7 Å². The van der Waals surface area contributed by atoms with E-state index in [0.717, 1.165) is 10.3 Å². The average Bonchev–Trinajstić information content (AvgIpc) is 2.91. The largest absolute Gasteiger partial charge is 0.385 e. The fourth-order valence-corrected chi connectivity index (χ4v) is 1.97. The monoisotopic (exact) mass is 330 g/mol. The van der Waals surface area contributed by atoms with Gasteiger partial charge in [-0.2, -0.15) is 10.1 Å². The van der Waals surface area contributed by atoms with Gasteiger partial charge in [-0.1, -0.05) is 18.2 Å². The third-order valence-electron chi connectivity index (χ3n) is 3.36. The normalized spacial score (nSPS) is 13.3. The highest BCUT2D eigenvalue weighted by atomic mass is 16.2. The molecule has 9 nitrogen and oxygen atoms in total. The Bertz CT molecular complexity index is 898. The number of amides is 1. The maximum atomic E-state index is 11.3. The molecule has 0 saturated carbocycles. The predicted octanol–water partition coefficient (Wildman–Crippen LogP) is -0.638. The summed E-state index contributed by atoms with van der Waals surface area (Å²) in [4.78, 5) is 33.3. The number of carbonyl (C=O) groups is 1. The highest BCUT2D eigenvalue weighted by Crippen LogP contribution is 2.18. The molecule has 0 spiro atoms. The Morgan fingerprint density at radius 2 is 1.62 bits per heavy atom. The van der Waals surface area contributed by atoms with Crippen LogP contribution in [0.15, 0.2) is 51.1 Å². The summed E-state index contributed by atoms with van der Waals surface area (Å²) in [5.41, 5.74) is 10.7. The number of rotatable bonds is 1. The molecular formula is C15H18N6O3. The SMILES string of the molecule is Cn1c(N)cc(=O)n(C)c1=O.NC1=NN(c2ccccc2)C(=O)C1. The molecule has 2 aromatic rings. The van der Waals surface area contributed by atoms with Crippen LogP contribution in [0.1, 0.15) is 6.42 Å². The molecule has 0 fully saturated rings. The molecule has 126 valence electrons. The van der Waals surface area contributed by atoms with E-state index in [1.165, 1.54) is 29.7 Å². The van der Waals surface area contributed by atoms with Gasteiger partial charge in [-0.3, -0.25) is 18.7 Å². The molecule has 0 aliphatic carbocycles. The van der Waals surface area contributed by atoms with Crippen molar-refractivity contribution in [3.05, 3.63) is 57.2 Å². The number of nitrogens with two attached hydrogens (primary N) is 2. The Morgan fingerprint density at radius 3 is 2.17 bits per heavy atom. The summed E-state index contributed by atoms with van der Waals surface area (Å²) in [5.74, 6) is 0.468. The molecule has 9 heteroatoms. The number of hydrazone groups is 1. The van der Waals surface area contributed by atoms with Crippen molar-refractivity contribution in [2.24, 2.45) is 24.9 Å². The first-order chi connectivity index (χ1) is 11.3. The molecule has 1 aromatic carbocycles. The molecule has 2 heterocycles. The van der Waals surface area contributed by atoms with Crippen LogP contribution in [-0.4, -0.2) is 20.9 Å². The number of nitrogen functional groups attached to an aromatic ring is 1. The Labute approximate surface area is 137 Å². The number of aromatic nitrogens is 2. The summed E-state index contributed by atoms with van der Waals surface area (Å²) >= 11 is 0. The first-order valence-electron chi connectivity index (χ1n) is 7.04. The number of carbonyl (C=O) groups excluding carboxylic acids is 1. The molecule has 1 aliphatic rings. The highest BCUT2D eigenvalue weighted by molar-refractivity contribution is 6.11. The van der Waals surface area contributed by atoms with Crippen LogP contribution in [0.25, 0.3) is 0 Å². The number of hydrogen-bond acceptors (Lipinski definition) is 6. The van der Waals surface area contributed by atoms with Crippen molar-refractivity contribution in [1.29, 1.82) is 0 Å². The lowest BCUT2D eigenvalue weighted by molar-refractivity contribution is -0.116. The van der Waals surface area contributed by atoms with Gasteiger partial charge in [-0.05, 0) is 12.1 Å². The van der Waals surface area contributed by atoms with E-state index in [4.69, 9.17) is 11.5 Å². The van der Waals surface area contributed by atoms with Gasteiger partial charge in [0.15, 0.2) is 0 Å². The fraction of sp³-hybridized carbons (Fsp3) is 0.200. The van der Waals surface area contributed by atoms with Crippen molar-refractivity contribution in [1.82, 2.24) is 9.13 Å².